The summed E-state index contributed by atoms with van der Waals surface area (Å²) in [5.41, 5.74) is 2.00. The molecule has 1 aromatic carbocycles. The van der Waals surface area contributed by atoms with Gasteiger partial charge in [0, 0.05) is 18.7 Å². The summed E-state index contributed by atoms with van der Waals surface area (Å²) in [4.78, 5) is 38.7. The Morgan fingerprint density at radius 1 is 1.16 bits per heavy atom. The predicted octanol–water partition coefficient (Wildman–Crippen LogP) is 3.23. The second-order valence-electron chi connectivity index (χ2n) is 5.90. The average molecular weight is 357 g/mol. The lowest BCUT2D eigenvalue weighted by atomic mass is 10.2. The van der Waals surface area contributed by atoms with E-state index < -0.39 is 12.1 Å². The highest BCUT2D eigenvalue weighted by atomic mass is 32.1. The average Bonchev–Trinajstić information content (AvgIpc) is 3.28. The minimum Gasteiger partial charge on any atom is -0.453 e. The molecular weight excluding hydrogens is 338 g/mol. The Morgan fingerprint density at radius 2 is 1.96 bits per heavy atom. The first-order valence-corrected chi connectivity index (χ1v) is 9.09. The largest absolute Gasteiger partial charge is 0.453 e. The summed E-state index contributed by atoms with van der Waals surface area (Å²) in [6.07, 6.45) is 0.00539. The molecule has 1 atom stereocenters. The highest BCUT2D eigenvalue weighted by molar-refractivity contribution is 7.12. The van der Waals surface area contributed by atoms with Gasteiger partial charge in [0.15, 0.2) is 11.9 Å². The molecule has 1 aliphatic rings. The maximum absolute atomic E-state index is 12.6. The van der Waals surface area contributed by atoms with Gasteiger partial charge in [0.25, 0.3) is 5.91 Å². The van der Waals surface area contributed by atoms with Gasteiger partial charge in [-0.1, -0.05) is 24.3 Å². The van der Waals surface area contributed by atoms with Crippen molar-refractivity contribution in [2.75, 3.05) is 11.4 Å². The van der Waals surface area contributed by atoms with Crippen molar-refractivity contribution in [3.05, 3.63) is 52.2 Å². The van der Waals surface area contributed by atoms with Crippen LogP contribution in [0.1, 0.15) is 35.0 Å². The Labute approximate surface area is 150 Å². The van der Waals surface area contributed by atoms with Crippen molar-refractivity contribution in [1.29, 1.82) is 0 Å². The molecule has 0 saturated carbocycles. The predicted molar refractivity (Wildman–Crippen MR) is 95.9 cm³/mol. The number of benzene rings is 1. The lowest BCUT2D eigenvalue weighted by molar-refractivity contribution is -0.153. The molecule has 0 aliphatic carbocycles. The topological polar surface area (TPSA) is 63.7 Å². The normalized spacial score (nSPS) is 14.0. The number of rotatable bonds is 6. The van der Waals surface area contributed by atoms with Gasteiger partial charge in [0.1, 0.15) is 0 Å². The molecule has 0 fully saturated rings. The van der Waals surface area contributed by atoms with Crippen LogP contribution in [0.3, 0.4) is 0 Å². The molecule has 0 spiro atoms. The molecule has 1 aromatic heterocycles. The fourth-order valence-corrected chi connectivity index (χ4v) is 3.56. The van der Waals surface area contributed by atoms with Gasteiger partial charge in [0.05, 0.1) is 11.3 Å². The Hall–Kier alpha value is -2.47. The van der Waals surface area contributed by atoms with Crippen LogP contribution in [0.4, 0.5) is 5.69 Å². The number of fused-ring (bicyclic) bond motifs is 1. The first-order chi connectivity index (χ1) is 12.1. The molecule has 0 bridgehead atoms. The number of carbonyl (C=O) groups is 3. The van der Waals surface area contributed by atoms with E-state index in [0.717, 1.165) is 17.7 Å². The highest BCUT2D eigenvalue weighted by Gasteiger charge is 2.29. The van der Waals surface area contributed by atoms with Gasteiger partial charge in [-0.25, -0.2) is 0 Å². The molecule has 3 rings (SSSR count). The second kappa shape index (κ2) is 7.61. The summed E-state index contributed by atoms with van der Waals surface area (Å²) < 4.78 is 5.23. The molecule has 0 radical (unpaired) electrons. The molecule has 0 saturated heterocycles. The summed E-state index contributed by atoms with van der Waals surface area (Å²) in [7, 11) is 0. The van der Waals surface area contributed by atoms with E-state index in [4.69, 9.17) is 4.74 Å². The van der Waals surface area contributed by atoms with Gasteiger partial charge < -0.3 is 9.64 Å². The SMILES string of the molecule is C[C@@H](OC(=O)CCC(=O)c1cccs1)C(=O)N1CCc2ccccc21. The smallest absolute Gasteiger partial charge is 0.307 e. The summed E-state index contributed by atoms with van der Waals surface area (Å²) in [5.74, 6) is -0.847. The zero-order valence-corrected chi connectivity index (χ0v) is 14.8. The number of para-hydroxylation sites is 1. The van der Waals surface area contributed by atoms with Crippen molar-refractivity contribution in [2.24, 2.45) is 0 Å². The van der Waals surface area contributed by atoms with E-state index >= 15 is 0 Å². The number of nitrogens with zero attached hydrogens (tertiary/aromatic N) is 1. The third-order valence-electron chi connectivity index (χ3n) is 4.16. The number of esters is 1. The Bertz CT molecular complexity index is 784. The van der Waals surface area contributed by atoms with Crippen LogP contribution in [0.25, 0.3) is 0 Å². The van der Waals surface area contributed by atoms with Crippen molar-refractivity contribution in [3.8, 4) is 0 Å². The zero-order valence-electron chi connectivity index (χ0n) is 13.9. The van der Waals surface area contributed by atoms with E-state index in [1.165, 1.54) is 11.3 Å². The van der Waals surface area contributed by atoms with Crippen LogP contribution < -0.4 is 4.90 Å². The lowest BCUT2D eigenvalue weighted by Gasteiger charge is -2.21. The molecular formula is C19H19NO4S. The number of ketones is 1. The van der Waals surface area contributed by atoms with E-state index in [-0.39, 0.29) is 24.5 Å². The Balaban J connectivity index is 1.52. The molecule has 130 valence electrons. The van der Waals surface area contributed by atoms with Crippen LogP contribution >= 0.6 is 11.3 Å². The maximum Gasteiger partial charge on any atom is 0.307 e. The highest BCUT2D eigenvalue weighted by Crippen LogP contribution is 2.28. The van der Waals surface area contributed by atoms with Crippen LogP contribution in [0.5, 0.6) is 0 Å². The van der Waals surface area contributed by atoms with E-state index in [1.54, 1.807) is 24.0 Å². The number of carbonyl (C=O) groups excluding carboxylic acids is 3. The van der Waals surface area contributed by atoms with Crippen molar-refractivity contribution in [3.63, 3.8) is 0 Å². The third kappa shape index (κ3) is 3.96. The van der Waals surface area contributed by atoms with Crippen molar-refractivity contribution in [2.45, 2.75) is 32.3 Å². The van der Waals surface area contributed by atoms with Gasteiger partial charge in [-0.3, -0.25) is 14.4 Å². The number of thiophene rings is 1. The molecule has 5 nitrogen and oxygen atoms in total. The van der Waals surface area contributed by atoms with Crippen LogP contribution in [0.15, 0.2) is 41.8 Å². The first-order valence-electron chi connectivity index (χ1n) is 8.21. The minimum atomic E-state index is -0.865. The monoisotopic (exact) mass is 357 g/mol. The van der Waals surface area contributed by atoms with Crippen LogP contribution in [-0.2, 0) is 20.7 Å². The maximum atomic E-state index is 12.6. The number of anilines is 1. The molecule has 0 unspecified atom stereocenters. The fourth-order valence-electron chi connectivity index (χ4n) is 2.87. The standard InChI is InChI=1S/C19H19NO4S/c1-13(19(23)20-11-10-14-5-2-3-6-15(14)20)24-18(22)9-8-16(21)17-7-4-12-25-17/h2-7,12-13H,8-11H2,1H3/t13-/m1/s1. The second-order valence-corrected chi connectivity index (χ2v) is 6.85. The number of hydrogen-bond acceptors (Lipinski definition) is 5. The molecule has 2 aromatic rings. The number of hydrogen-bond donors (Lipinski definition) is 0. The number of amides is 1. The van der Waals surface area contributed by atoms with Crippen LogP contribution in [0.2, 0.25) is 0 Å². The number of Topliss-reactive ketones (excluding diaryl/α,β-unsaturated/α-hetero) is 1. The quantitative estimate of drug-likeness (QED) is 0.588. The zero-order chi connectivity index (χ0) is 17.8. The van der Waals surface area contributed by atoms with E-state index in [9.17, 15) is 14.4 Å². The summed E-state index contributed by atoms with van der Waals surface area (Å²) in [6.45, 7) is 2.17. The Morgan fingerprint density at radius 3 is 2.72 bits per heavy atom. The fraction of sp³-hybridized carbons (Fsp3) is 0.316. The minimum absolute atomic E-state index is 0.0229. The van der Waals surface area contributed by atoms with Gasteiger partial charge in [-0.15, -0.1) is 11.3 Å². The molecule has 25 heavy (non-hydrogen) atoms. The first kappa shape index (κ1) is 17.4. The van der Waals surface area contributed by atoms with Crippen molar-refractivity contribution < 1.29 is 19.1 Å². The number of ether oxygens (including phenoxy) is 1. The van der Waals surface area contributed by atoms with Crippen LogP contribution in [-0.4, -0.2) is 30.3 Å². The summed E-state index contributed by atoms with van der Waals surface area (Å²) in [6, 6.07) is 11.3. The third-order valence-corrected chi connectivity index (χ3v) is 5.07. The van der Waals surface area contributed by atoms with E-state index in [0.29, 0.717) is 11.4 Å². The molecule has 1 amide bonds. The van der Waals surface area contributed by atoms with E-state index in [2.05, 4.69) is 0 Å². The van der Waals surface area contributed by atoms with Gasteiger partial charge in [-0.2, -0.15) is 0 Å². The molecule has 1 aliphatic heterocycles. The Kier molecular flexibility index (Phi) is 5.28. The summed E-state index contributed by atoms with van der Waals surface area (Å²) >= 11 is 1.35. The molecule has 6 heteroatoms. The molecule has 2 heterocycles. The van der Waals surface area contributed by atoms with Crippen LogP contribution in [0, 0.1) is 0 Å². The van der Waals surface area contributed by atoms with Gasteiger partial charge in [0.2, 0.25) is 0 Å². The molecule has 0 N–H and O–H groups in total. The lowest BCUT2D eigenvalue weighted by Crippen LogP contribution is -2.39. The van der Waals surface area contributed by atoms with E-state index in [1.807, 2.05) is 29.6 Å². The van der Waals surface area contributed by atoms with Crippen molar-refractivity contribution >= 4 is 34.7 Å². The van der Waals surface area contributed by atoms with Gasteiger partial charge >= 0.3 is 5.97 Å². The van der Waals surface area contributed by atoms with Crippen molar-refractivity contribution in [1.82, 2.24) is 0 Å². The van der Waals surface area contributed by atoms with Gasteiger partial charge in [-0.05, 0) is 36.4 Å². The summed E-state index contributed by atoms with van der Waals surface area (Å²) in [5, 5.41) is 1.82.